The third-order valence-electron chi connectivity index (χ3n) is 8.29. The number of anilines is 1. The first-order valence-corrected chi connectivity index (χ1v) is 14.1. The van der Waals surface area contributed by atoms with Gasteiger partial charge in [-0.3, -0.25) is 14.4 Å². The summed E-state index contributed by atoms with van der Waals surface area (Å²) in [6.45, 7) is 0.731. The lowest BCUT2D eigenvalue weighted by Gasteiger charge is -2.42. The largest absolute Gasteiger partial charge is 0.412 e. The second-order valence-corrected chi connectivity index (χ2v) is 10.9. The smallest absolute Gasteiger partial charge is 0.340 e. The average Bonchev–Trinajstić information content (AvgIpc) is 3.00. The molecule has 11 heteroatoms. The summed E-state index contributed by atoms with van der Waals surface area (Å²) < 4.78 is 69.5. The van der Waals surface area contributed by atoms with E-state index in [9.17, 15) is 36.3 Å². The number of hydrogen-bond acceptors (Lipinski definition) is 3. The summed E-state index contributed by atoms with van der Waals surface area (Å²) in [5.41, 5.74) is -0.410. The third-order valence-corrected chi connectivity index (χ3v) is 8.29. The minimum absolute atomic E-state index is 0.00936. The normalized spacial score (nSPS) is 17.8. The highest BCUT2D eigenvalue weighted by atomic mass is 19.4. The first-order valence-electron chi connectivity index (χ1n) is 14.1. The van der Waals surface area contributed by atoms with Gasteiger partial charge in [-0.2, -0.15) is 13.2 Å². The molecule has 1 atom stereocenters. The zero-order valence-electron chi connectivity index (χ0n) is 23.2. The quantitative estimate of drug-likeness (QED) is 0.350. The Morgan fingerprint density at radius 3 is 1.93 bits per heavy atom. The van der Waals surface area contributed by atoms with Gasteiger partial charge in [0.05, 0.1) is 5.41 Å². The Morgan fingerprint density at radius 1 is 0.791 bits per heavy atom. The van der Waals surface area contributed by atoms with Gasteiger partial charge in [0.15, 0.2) is 6.04 Å². The van der Waals surface area contributed by atoms with Gasteiger partial charge in [0.25, 0.3) is 5.91 Å². The minimum Gasteiger partial charge on any atom is -0.340 e. The molecule has 0 radical (unpaired) electrons. The summed E-state index contributed by atoms with van der Waals surface area (Å²) in [6, 6.07) is 13.0. The fraction of sp³-hybridized carbons (Fsp3) is 0.344. The van der Waals surface area contributed by atoms with E-state index in [1.54, 1.807) is 29.2 Å². The Kier molecular flexibility index (Phi) is 8.52. The van der Waals surface area contributed by atoms with Crippen molar-refractivity contribution in [2.24, 2.45) is 0 Å². The number of benzene rings is 3. The predicted octanol–water partition coefficient (Wildman–Crippen LogP) is 6.08. The van der Waals surface area contributed by atoms with Crippen LogP contribution in [0.3, 0.4) is 0 Å². The summed E-state index contributed by atoms with van der Waals surface area (Å²) in [5.74, 6) is -2.49. The number of carbonyl (C=O) groups excluding carboxylic acids is 3. The van der Waals surface area contributed by atoms with Crippen LogP contribution in [0.2, 0.25) is 0 Å². The highest BCUT2D eigenvalue weighted by Crippen LogP contribution is 2.40. The number of halogens is 5. The van der Waals surface area contributed by atoms with Gasteiger partial charge in [-0.1, -0.05) is 24.3 Å². The van der Waals surface area contributed by atoms with Gasteiger partial charge < -0.3 is 15.1 Å². The molecule has 0 saturated carbocycles. The Morgan fingerprint density at radius 2 is 1.37 bits per heavy atom. The van der Waals surface area contributed by atoms with E-state index in [1.807, 2.05) is 0 Å². The summed E-state index contributed by atoms with van der Waals surface area (Å²) in [6.07, 6.45) is -2.67. The summed E-state index contributed by atoms with van der Waals surface area (Å²) in [7, 11) is 0. The molecule has 226 valence electrons. The van der Waals surface area contributed by atoms with Crippen molar-refractivity contribution >= 4 is 23.4 Å². The van der Waals surface area contributed by atoms with E-state index in [0.29, 0.717) is 29.8 Å². The molecule has 0 spiro atoms. The zero-order chi connectivity index (χ0) is 30.8. The molecule has 0 aliphatic carbocycles. The molecule has 2 aliphatic rings. The number of likely N-dealkylation sites (tertiary alicyclic amines) is 1. The van der Waals surface area contributed by atoms with Crippen LogP contribution in [0.5, 0.6) is 0 Å². The van der Waals surface area contributed by atoms with Crippen molar-refractivity contribution in [1.82, 2.24) is 10.2 Å². The second kappa shape index (κ2) is 12.1. The lowest BCUT2D eigenvalue weighted by molar-refractivity contribution is -0.165. The molecular formula is C32H30F5N3O3. The highest BCUT2D eigenvalue weighted by molar-refractivity contribution is 5.97. The molecule has 5 rings (SSSR count). The van der Waals surface area contributed by atoms with E-state index in [0.717, 1.165) is 49.2 Å². The van der Waals surface area contributed by atoms with Crippen molar-refractivity contribution in [3.8, 4) is 0 Å². The molecule has 2 heterocycles. The first-order chi connectivity index (χ1) is 20.5. The van der Waals surface area contributed by atoms with Gasteiger partial charge in [0.1, 0.15) is 11.6 Å². The van der Waals surface area contributed by atoms with Crippen molar-refractivity contribution < 1.29 is 36.3 Å². The number of nitrogens with zero attached hydrogens (tertiary/aromatic N) is 2. The number of rotatable bonds is 6. The van der Waals surface area contributed by atoms with Gasteiger partial charge in [-0.25, -0.2) is 8.78 Å². The Hall–Kier alpha value is -4.28. The number of carbonyl (C=O) groups is 3. The first kappa shape index (κ1) is 30.2. The molecule has 0 bridgehead atoms. The van der Waals surface area contributed by atoms with Gasteiger partial charge in [-0.05, 0) is 85.3 Å². The maximum Gasteiger partial charge on any atom is 0.412 e. The maximum atomic E-state index is 14.1. The number of amides is 3. The van der Waals surface area contributed by atoms with Crippen LogP contribution in [0, 0.1) is 11.6 Å². The lowest BCUT2D eigenvalue weighted by Crippen LogP contribution is -2.54. The van der Waals surface area contributed by atoms with E-state index >= 15 is 0 Å². The fourth-order valence-electron chi connectivity index (χ4n) is 5.83. The Balaban J connectivity index is 1.36. The zero-order valence-corrected chi connectivity index (χ0v) is 23.2. The minimum atomic E-state index is -4.88. The van der Waals surface area contributed by atoms with E-state index < -0.39 is 35.2 Å². The van der Waals surface area contributed by atoms with Crippen LogP contribution in [0.1, 0.15) is 59.6 Å². The third kappa shape index (κ3) is 6.40. The monoisotopic (exact) mass is 599 g/mol. The second-order valence-electron chi connectivity index (χ2n) is 10.9. The molecule has 3 aromatic carbocycles. The van der Waals surface area contributed by atoms with Gasteiger partial charge in [0.2, 0.25) is 11.8 Å². The lowest BCUT2D eigenvalue weighted by atomic mass is 9.71. The molecule has 1 N–H and O–H groups in total. The fourth-order valence-corrected chi connectivity index (χ4v) is 5.83. The molecule has 1 unspecified atom stereocenters. The van der Waals surface area contributed by atoms with E-state index in [1.165, 1.54) is 17.0 Å². The Labute approximate surface area is 245 Å². The molecule has 6 nitrogen and oxygen atoms in total. The van der Waals surface area contributed by atoms with Crippen molar-refractivity contribution in [2.75, 3.05) is 24.5 Å². The topological polar surface area (TPSA) is 69.7 Å². The number of piperidine rings is 2. The average molecular weight is 600 g/mol. The van der Waals surface area contributed by atoms with E-state index in [4.69, 9.17) is 0 Å². The van der Waals surface area contributed by atoms with Gasteiger partial charge in [0, 0.05) is 37.3 Å². The molecular weight excluding hydrogens is 569 g/mol. The molecule has 3 amide bonds. The summed E-state index contributed by atoms with van der Waals surface area (Å²) in [5, 5.41) is 2.12. The van der Waals surface area contributed by atoms with Crippen LogP contribution in [0.15, 0.2) is 72.8 Å². The van der Waals surface area contributed by atoms with Crippen molar-refractivity contribution in [1.29, 1.82) is 0 Å². The highest BCUT2D eigenvalue weighted by Gasteiger charge is 2.48. The van der Waals surface area contributed by atoms with Crippen LogP contribution in [0.4, 0.5) is 27.6 Å². The van der Waals surface area contributed by atoms with Crippen LogP contribution >= 0.6 is 0 Å². The standard InChI is InChI=1S/C32H30F5N3O3/c33-24-10-4-21(5-11-24)28(32(35,36)37)38-30(43)31(23-8-12-25(34)13-9-23)16-19-39(20-17-31)29(42)22-6-14-26(15-7-22)40-18-2-1-3-27(40)41/h4-15,28H,1-3,16-20H2,(H,38,43). The van der Waals surface area contributed by atoms with Crippen LogP contribution < -0.4 is 10.2 Å². The number of hydrogen-bond donors (Lipinski definition) is 1. The SMILES string of the molecule is O=C(c1ccc(N2CCCCC2=O)cc1)N1CCC(C(=O)NC(c2ccc(F)cc2)C(F)(F)F)(c2ccc(F)cc2)CC1. The summed E-state index contributed by atoms with van der Waals surface area (Å²) >= 11 is 0. The maximum absolute atomic E-state index is 14.1. The van der Waals surface area contributed by atoms with Crippen molar-refractivity contribution in [3.05, 3.63) is 101 Å². The van der Waals surface area contributed by atoms with Crippen LogP contribution in [0.25, 0.3) is 0 Å². The molecule has 43 heavy (non-hydrogen) atoms. The molecule has 0 aromatic heterocycles. The number of alkyl halides is 3. The number of nitrogens with one attached hydrogen (secondary N) is 1. The van der Waals surface area contributed by atoms with E-state index in [2.05, 4.69) is 5.32 Å². The molecule has 2 saturated heterocycles. The predicted molar refractivity (Wildman–Crippen MR) is 149 cm³/mol. The summed E-state index contributed by atoms with van der Waals surface area (Å²) in [4.78, 5) is 42.6. The van der Waals surface area contributed by atoms with Gasteiger partial charge >= 0.3 is 6.18 Å². The van der Waals surface area contributed by atoms with Crippen molar-refractivity contribution in [2.45, 2.75) is 49.7 Å². The van der Waals surface area contributed by atoms with Crippen molar-refractivity contribution in [3.63, 3.8) is 0 Å². The molecule has 2 aliphatic heterocycles. The Bertz CT molecular complexity index is 1470. The van der Waals surface area contributed by atoms with Crippen LogP contribution in [-0.4, -0.2) is 48.4 Å². The van der Waals surface area contributed by atoms with E-state index in [-0.39, 0.29) is 43.3 Å². The molecule has 2 fully saturated rings. The van der Waals surface area contributed by atoms with Crippen LogP contribution in [-0.2, 0) is 15.0 Å². The molecule has 3 aromatic rings. The van der Waals surface area contributed by atoms with Gasteiger partial charge in [-0.15, -0.1) is 0 Å².